The maximum atomic E-state index is 6.14. The minimum Gasteiger partial charge on any atom is -0.383 e. The van der Waals surface area contributed by atoms with Crippen LogP contribution >= 0.6 is 0 Å². The van der Waals surface area contributed by atoms with E-state index >= 15 is 0 Å². The summed E-state index contributed by atoms with van der Waals surface area (Å²) in [5.41, 5.74) is 9.12. The van der Waals surface area contributed by atoms with Crippen LogP contribution in [0.3, 0.4) is 0 Å². The van der Waals surface area contributed by atoms with E-state index in [-0.39, 0.29) is 0 Å². The van der Waals surface area contributed by atoms with Crippen molar-refractivity contribution in [3.05, 3.63) is 60.9 Å². The molecule has 0 saturated carbocycles. The molecular weight excluding hydrogens is 264 g/mol. The lowest BCUT2D eigenvalue weighted by molar-refractivity contribution is 0.753. The number of imidazole rings is 1. The summed E-state index contributed by atoms with van der Waals surface area (Å²) in [7, 11) is 0. The molecule has 0 amide bonds. The molecule has 3 aromatic heterocycles. The Bertz CT molecular complexity index is 906. The summed E-state index contributed by atoms with van der Waals surface area (Å²) >= 11 is 0. The maximum Gasteiger partial charge on any atom is 0.139 e. The molecule has 0 unspecified atom stereocenters. The number of nitrogens with zero attached hydrogens (tertiary/aromatic N) is 5. The average molecular weight is 276 g/mol. The van der Waals surface area contributed by atoms with Crippen molar-refractivity contribution in [2.75, 3.05) is 5.73 Å². The highest BCUT2D eigenvalue weighted by Crippen LogP contribution is 2.24. The SMILES string of the molecule is Nc1c(-c2cnn(-c3ccccc3)n2)nc2ccccn12. The monoisotopic (exact) mass is 276 g/mol. The fourth-order valence-corrected chi connectivity index (χ4v) is 2.26. The molecule has 0 radical (unpaired) electrons. The summed E-state index contributed by atoms with van der Waals surface area (Å²) in [6.45, 7) is 0. The molecule has 0 aliphatic rings. The van der Waals surface area contributed by atoms with E-state index in [1.54, 1.807) is 11.0 Å². The van der Waals surface area contributed by atoms with Crippen molar-refractivity contribution in [3.63, 3.8) is 0 Å². The van der Waals surface area contributed by atoms with Gasteiger partial charge < -0.3 is 5.73 Å². The first kappa shape index (κ1) is 11.7. The molecule has 102 valence electrons. The van der Waals surface area contributed by atoms with Crippen LogP contribution in [0.4, 0.5) is 5.82 Å². The van der Waals surface area contributed by atoms with Gasteiger partial charge in [-0.25, -0.2) is 4.98 Å². The van der Waals surface area contributed by atoms with Crippen LogP contribution in [0.15, 0.2) is 60.9 Å². The summed E-state index contributed by atoms with van der Waals surface area (Å²) in [5, 5.41) is 8.73. The van der Waals surface area contributed by atoms with Gasteiger partial charge in [-0.2, -0.15) is 9.90 Å². The Morgan fingerprint density at radius 2 is 1.76 bits per heavy atom. The van der Waals surface area contributed by atoms with Gasteiger partial charge in [0.05, 0.1) is 11.9 Å². The number of hydrogen-bond acceptors (Lipinski definition) is 4. The number of hydrogen-bond donors (Lipinski definition) is 1. The molecule has 0 atom stereocenters. The molecule has 3 heterocycles. The molecular formula is C15H12N6. The number of nitrogens with two attached hydrogens (primary N) is 1. The average Bonchev–Trinajstić information content (AvgIpc) is 3.14. The van der Waals surface area contributed by atoms with Crippen LogP contribution in [0.5, 0.6) is 0 Å². The molecule has 0 aliphatic heterocycles. The van der Waals surface area contributed by atoms with Crippen molar-refractivity contribution < 1.29 is 0 Å². The Morgan fingerprint density at radius 3 is 2.57 bits per heavy atom. The second kappa shape index (κ2) is 4.45. The lowest BCUT2D eigenvalue weighted by atomic mass is 10.3. The van der Waals surface area contributed by atoms with Gasteiger partial charge in [-0.15, -0.1) is 5.10 Å². The topological polar surface area (TPSA) is 74.0 Å². The van der Waals surface area contributed by atoms with Gasteiger partial charge in [0.25, 0.3) is 0 Å². The van der Waals surface area contributed by atoms with Crippen LogP contribution in [0.1, 0.15) is 0 Å². The van der Waals surface area contributed by atoms with Gasteiger partial charge >= 0.3 is 0 Å². The summed E-state index contributed by atoms with van der Waals surface area (Å²) in [5.74, 6) is 0.561. The summed E-state index contributed by atoms with van der Waals surface area (Å²) < 4.78 is 1.83. The van der Waals surface area contributed by atoms with Crippen molar-refractivity contribution in [2.24, 2.45) is 0 Å². The minimum absolute atomic E-state index is 0.561. The first-order valence-corrected chi connectivity index (χ1v) is 6.53. The zero-order valence-electron chi connectivity index (χ0n) is 11.1. The van der Waals surface area contributed by atoms with Crippen LogP contribution in [0, 0.1) is 0 Å². The van der Waals surface area contributed by atoms with E-state index in [0.29, 0.717) is 17.2 Å². The van der Waals surface area contributed by atoms with E-state index in [1.165, 1.54) is 0 Å². The van der Waals surface area contributed by atoms with Gasteiger partial charge in [0.15, 0.2) is 0 Å². The Hall–Kier alpha value is -3.15. The Balaban J connectivity index is 1.83. The van der Waals surface area contributed by atoms with Crippen LogP contribution in [-0.2, 0) is 0 Å². The maximum absolute atomic E-state index is 6.14. The molecule has 4 rings (SSSR count). The fourth-order valence-electron chi connectivity index (χ4n) is 2.26. The van der Waals surface area contributed by atoms with Crippen molar-refractivity contribution in [1.29, 1.82) is 0 Å². The predicted octanol–water partition coefficient (Wildman–Crippen LogP) is 2.16. The number of benzene rings is 1. The summed E-state index contributed by atoms with van der Waals surface area (Å²) in [6, 6.07) is 15.5. The third-order valence-electron chi connectivity index (χ3n) is 3.29. The molecule has 0 aliphatic carbocycles. The molecule has 21 heavy (non-hydrogen) atoms. The molecule has 6 nitrogen and oxygen atoms in total. The van der Waals surface area contributed by atoms with Crippen LogP contribution in [-0.4, -0.2) is 24.4 Å². The third kappa shape index (κ3) is 1.85. The Morgan fingerprint density at radius 1 is 0.952 bits per heavy atom. The van der Waals surface area contributed by atoms with Gasteiger partial charge in [-0.05, 0) is 24.3 Å². The van der Waals surface area contributed by atoms with Crippen molar-refractivity contribution in [2.45, 2.75) is 0 Å². The minimum atomic E-state index is 0.561. The third-order valence-corrected chi connectivity index (χ3v) is 3.29. The first-order valence-electron chi connectivity index (χ1n) is 6.53. The van der Waals surface area contributed by atoms with Gasteiger partial charge in [-0.3, -0.25) is 4.40 Å². The molecule has 2 N–H and O–H groups in total. The van der Waals surface area contributed by atoms with Crippen molar-refractivity contribution in [1.82, 2.24) is 24.4 Å². The lowest BCUT2D eigenvalue weighted by Gasteiger charge is -1.97. The quantitative estimate of drug-likeness (QED) is 0.609. The number of fused-ring (bicyclic) bond motifs is 1. The molecule has 0 bridgehead atoms. The van der Waals surface area contributed by atoms with E-state index in [2.05, 4.69) is 15.2 Å². The van der Waals surface area contributed by atoms with E-state index in [4.69, 9.17) is 5.73 Å². The number of aromatic nitrogens is 5. The molecule has 4 aromatic rings. The Kier molecular flexibility index (Phi) is 2.47. The number of para-hydroxylation sites is 1. The fraction of sp³-hybridized carbons (Fsp3) is 0. The number of pyridine rings is 1. The van der Waals surface area contributed by atoms with Gasteiger partial charge in [0.1, 0.15) is 22.9 Å². The van der Waals surface area contributed by atoms with Gasteiger partial charge in [-0.1, -0.05) is 24.3 Å². The van der Waals surface area contributed by atoms with Crippen LogP contribution in [0.2, 0.25) is 0 Å². The van der Waals surface area contributed by atoms with E-state index in [1.807, 2.05) is 59.1 Å². The standard InChI is InChI=1S/C15H12N6/c16-15-14(18-13-8-4-5-9-20(13)15)12-10-17-21(19-12)11-6-2-1-3-7-11/h1-10H,16H2. The van der Waals surface area contributed by atoms with Crippen LogP contribution in [0.25, 0.3) is 22.7 Å². The van der Waals surface area contributed by atoms with Gasteiger partial charge in [0.2, 0.25) is 0 Å². The van der Waals surface area contributed by atoms with E-state index in [9.17, 15) is 0 Å². The second-order valence-electron chi connectivity index (χ2n) is 4.63. The predicted molar refractivity (Wildman–Crippen MR) is 80.0 cm³/mol. The Labute approximate surface area is 120 Å². The normalized spacial score (nSPS) is 11.0. The van der Waals surface area contributed by atoms with E-state index in [0.717, 1.165) is 11.3 Å². The van der Waals surface area contributed by atoms with E-state index < -0.39 is 0 Å². The van der Waals surface area contributed by atoms with Gasteiger partial charge in [0, 0.05) is 6.20 Å². The molecule has 0 fully saturated rings. The molecule has 6 heteroatoms. The second-order valence-corrected chi connectivity index (χ2v) is 4.63. The lowest BCUT2D eigenvalue weighted by Crippen LogP contribution is -1.98. The highest BCUT2D eigenvalue weighted by molar-refractivity contribution is 5.71. The summed E-state index contributed by atoms with van der Waals surface area (Å²) in [6.07, 6.45) is 3.55. The highest BCUT2D eigenvalue weighted by atomic mass is 15.5. The largest absolute Gasteiger partial charge is 0.383 e. The number of rotatable bonds is 2. The molecule has 0 spiro atoms. The number of nitrogen functional groups attached to an aromatic ring is 1. The van der Waals surface area contributed by atoms with Crippen molar-refractivity contribution >= 4 is 11.5 Å². The molecule has 1 aromatic carbocycles. The zero-order valence-corrected chi connectivity index (χ0v) is 11.1. The molecule has 0 saturated heterocycles. The van der Waals surface area contributed by atoms with Crippen LogP contribution < -0.4 is 5.73 Å². The number of anilines is 1. The van der Waals surface area contributed by atoms with Crippen molar-refractivity contribution in [3.8, 4) is 17.1 Å². The first-order chi connectivity index (χ1) is 10.3. The smallest absolute Gasteiger partial charge is 0.139 e. The zero-order chi connectivity index (χ0) is 14.2. The summed E-state index contributed by atoms with van der Waals surface area (Å²) in [4.78, 5) is 6.08. The highest BCUT2D eigenvalue weighted by Gasteiger charge is 2.14.